The van der Waals surface area contributed by atoms with E-state index in [1.54, 1.807) is 5.38 Å². The fourth-order valence-corrected chi connectivity index (χ4v) is 6.12. The van der Waals surface area contributed by atoms with E-state index in [0.29, 0.717) is 18.7 Å². The average Bonchev–Trinajstić information content (AvgIpc) is 3.19. The van der Waals surface area contributed by atoms with Crippen LogP contribution in [0.3, 0.4) is 0 Å². The number of amides is 1. The molecule has 2 heterocycles. The summed E-state index contributed by atoms with van der Waals surface area (Å²) in [5.41, 5.74) is 0.581. The summed E-state index contributed by atoms with van der Waals surface area (Å²) in [6, 6.07) is 6.62. The van der Waals surface area contributed by atoms with Gasteiger partial charge in [-0.05, 0) is 42.0 Å². The molecule has 1 amide bonds. The molecule has 0 aliphatic carbocycles. The molecule has 30 heavy (non-hydrogen) atoms. The standard InChI is InChI=1S/C19H21F3N2O4S2/c1-23(13-14-5-7-15(8-6-14)28-19(20,21)22)18(25)17-16(9-12-29-17)30(26,27)24-10-3-2-4-11-24/h5-9,12H,2-4,10-11,13H2,1H3. The van der Waals surface area contributed by atoms with Crippen molar-refractivity contribution in [3.63, 3.8) is 0 Å². The fraction of sp³-hybridized carbons (Fsp3) is 0.421. The van der Waals surface area contributed by atoms with Crippen LogP contribution in [0.5, 0.6) is 5.75 Å². The predicted molar refractivity (Wildman–Crippen MR) is 106 cm³/mol. The first-order chi connectivity index (χ1) is 14.1. The van der Waals surface area contributed by atoms with Gasteiger partial charge in [0.2, 0.25) is 10.0 Å². The second-order valence-corrected chi connectivity index (χ2v) is 9.75. The number of alkyl halides is 3. The van der Waals surface area contributed by atoms with Gasteiger partial charge in [0.25, 0.3) is 5.91 Å². The number of piperidine rings is 1. The lowest BCUT2D eigenvalue weighted by Gasteiger charge is -2.26. The molecule has 0 atom stereocenters. The minimum Gasteiger partial charge on any atom is -0.406 e. The summed E-state index contributed by atoms with van der Waals surface area (Å²) < 4.78 is 67.9. The van der Waals surface area contributed by atoms with Gasteiger partial charge in [0.1, 0.15) is 15.5 Å². The molecule has 1 aromatic carbocycles. The Morgan fingerprint density at radius 1 is 1.13 bits per heavy atom. The van der Waals surface area contributed by atoms with Crippen molar-refractivity contribution in [2.24, 2.45) is 0 Å². The van der Waals surface area contributed by atoms with Crippen LogP contribution >= 0.6 is 11.3 Å². The van der Waals surface area contributed by atoms with E-state index in [1.165, 1.54) is 46.6 Å². The molecule has 2 aromatic rings. The zero-order chi connectivity index (χ0) is 21.9. The van der Waals surface area contributed by atoms with E-state index in [-0.39, 0.29) is 22.1 Å². The number of nitrogens with zero attached hydrogens (tertiary/aromatic N) is 2. The molecule has 6 nitrogen and oxygen atoms in total. The smallest absolute Gasteiger partial charge is 0.406 e. The van der Waals surface area contributed by atoms with E-state index in [9.17, 15) is 26.4 Å². The number of rotatable bonds is 6. The van der Waals surface area contributed by atoms with E-state index in [4.69, 9.17) is 0 Å². The number of sulfonamides is 1. The van der Waals surface area contributed by atoms with Crippen molar-refractivity contribution in [3.05, 3.63) is 46.2 Å². The van der Waals surface area contributed by atoms with Gasteiger partial charge in [-0.2, -0.15) is 4.31 Å². The molecule has 164 valence electrons. The van der Waals surface area contributed by atoms with Crippen LogP contribution in [0.25, 0.3) is 0 Å². The van der Waals surface area contributed by atoms with Crippen LogP contribution < -0.4 is 4.74 Å². The van der Waals surface area contributed by atoms with Crippen LogP contribution in [0.2, 0.25) is 0 Å². The summed E-state index contributed by atoms with van der Waals surface area (Å²) >= 11 is 1.05. The Morgan fingerprint density at radius 2 is 1.77 bits per heavy atom. The van der Waals surface area contributed by atoms with E-state index < -0.39 is 22.3 Å². The minimum absolute atomic E-state index is 0.000162. The molecule has 0 N–H and O–H groups in total. The second kappa shape index (κ2) is 8.94. The zero-order valence-electron chi connectivity index (χ0n) is 16.2. The number of halogens is 3. The van der Waals surface area contributed by atoms with E-state index in [1.807, 2.05) is 0 Å². The van der Waals surface area contributed by atoms with E-state index >= 15 is 0 Å². The molecule has 0 radical (unpaired) electrons. The highest BCUT2D eigenvalue weighted by molar-refractivity contribution is 7.89. The summed E-state index contributed by atoms with van der Waals surface area (Å²) in [5.74, 6) is -0.815. The molecule has 11 heteroatoms. The Balaban J connectivity index is 1.72. The number of hydrogen-bond acceptors (Lipinski definition) is 5. The fourth-order valence-electron chi connectivity index (χ4n) is 3.22. The van der Waals surface area contributed by atoms with Crippen LogP contribution in [-0.2, 0) is 16.6 Å². The number of carbonyl (C=O) groups is 1. The molecule has 1 aliphatic heterocycles. The third-order valence-electron chi connectivity index (χ3n) is 4.68. The molecule has 1 fully saturated rings. The molecule has 3 rings (SSSR count). The van der Waals surface area contributed by atoms with Crippen molar-refractivity contribution in [1.82, 2.24) is 9.21 Å². The Kier molecular flexibility index (Phi) is 6.73. The number of hydrogen-bond donors (Lipinski definition) is 0. The van der Waals surface area contributed by atoms with Crippen molar-refractivity contribution >= 4 is 27.3 Å². The van der Waals surface area contributed by atoms with Crippen LogP contribution in [0.4, 0.5) is 13.2 Å². The van der Waals surface area contributed by atoms with Crippen molar-refractivity contribution in [2.45, 2.75) is 37.1 Å². The highest BCUT2D eigenvalue weighted by atomic mass is 32.2. The van der Waals surface area contributed by atoms with Gasteiger partial charge in [-0.1, -0.05) is 18.6 Å². The Hall–Kier alpha value is -2.11. The van der Waals surface area contributed by atoms with Gasteiger partial charge in [-0.25, -0.2) is 8.42 Å². The SMILES string of the molecule is CN(Cc1ccc(OC(F)(F)F)cc1)C(=O)c1sccc1S(=O)(=O)N1CCCCC1. The van der Waals surface area contributed by atoms with Gasteiger partial charge in [0.05, 0.1) is 0 Å². The summed E-state index contributed by atoms with van der Waals surface area (Å²) in [4.78, 5) is 14.4. The monoisotopic (exact) mass is 462 g/mol. The van der Waals surface area contributed by atoms with Gasteiger partial charge in [0, 0.05) is 26.7 Å². The van der Waals surface area contributed by atoms with Gasteiger partial charge >= 0.3 is 6.36 Å². The zero-order valence-corrected chi connectivity index (χ0v) is 17.8. The maximum absolute atomic E-state index is 13.0. The minimum atomic E-state index is -4.77. The number of ether oxygens (including phenoxy) is 1. The molecule has 0 unspecified atom stereocenters. The second-order valence-electron chi connectivity index (χ2n) is 6.93. The molecular weight excluding hydrogens is 441 g/mol. The maximum atomic E-state index is 13.0. The number of carbonyl (C=O) groups excluding carboxylic acids is 1. The largest absolute Gasteiger partial charge is 0.573 e. The highest BCUT2D eigenvalue weighted by Gasteiger charge is 2.32. The van der Waals surface area contributed by atoms with E-state index in [0.717, 1.165) is 30.6 Å². The Morgan fingerprint density at radius 3 is 2.37 bits per heavy atom. The molecule has 0 spiro atoms. The average molecular weight is 463 g/mol. The molecular formula is C19H21F3N2O4S2. The highest BCUT2D eigenvalue weighted by Crippen LogP contribution is 2.29. The van der Waals surface area contributed by atoms with Crippen LogP contribution in [0.1, 0.15) is 34.5 Å². The van der Waals surface area contributed by atoms with Gasteiger partial charge < -0.3 is 9.64 Å². The summed E-state index contributed by atoms with van der Waals surface area (Å²) in [6.07, 6.45) is -2.21. The third-order valence-corrected chi connectivity index (χ3v) is 7.65. The lowest BCUT2D eigenvalue weighted by Crippen LogP contribution is -2.36. The van der Waals surface area contributed by atoms with Gasteiger partial charge in [-0.3, -0.25) is 4.79 Å². The predicted octanol–water partition coefficient (Wildman–Crippen LogP) is 4.09. The number of benzene rings is 1. The lowest BCUT2D eigenvalue weighted by molar-refractivity contribution is -0.274. The first-order valence-corrected chi connectivity index (χ1v) is 11.6. The van der Waals surface area contributed by atoms with Crippen LogP contribution in [0, 0.1) is 0 Å². The summed E-state index contributed by atoms with van der Waals surface area (Å²) in [6.45, 7) is 0.980. The first-order valence-electron chi connectivity index (χ1n) is 9.26. The van der Waals surface area contributed by atoms with Crippen molar-refractivity contribution in [2.75, 3.05) is 20.1 Å². The van der Waals surface area contributed by atoms with Crippen LogP contribution in [0.15, 0.2) is 40.6 Å². The summed E-state index contributed by atoms with van der Waals surface area (Å²) in [5, 5.41) is 1.57. The molecule has 0 bridgehead atoms. The molecule has 1 saturated heterocycles. The van der Waals surface area contributed by atoms with Crippen molar-refractivity contribution < 1.29 is 31.1 Å². The quantitative estimate of drug-likeness (QED) is 0.649. The Bertz CT molecular complexity index is 982. The third kappa shape index (κ3) is 5.32. The lowest BCUT2D eigenvalue weighted by atomic mass is 10.2. The topological polar surface area (TPSA) is 66.9 Å². The van der Waals surface area contributed by atoms with Gasteiger partial charge in [-0.15, -0.1) is 24.5 Å². The van der Waals surface area contributed by atoms with Crippen LogP contribution in [-0.4, -0.2) is 50.0 Å². The Labute approximate surface area is 176 Å². The normalized spacial score (nSPS) is 15.7. The van der Waals surface area contributed by atoms with Crippen molar-refractivity contribution in [1.29, 1.82) is 0 Å². The van der Waals surface area contributed by atoms with Crippen molar-refractivity contribution in [3.8, 4) is 5.75 Å². The van der Waals surface area contributed by atoms with E-state index in [2.05, 4.69) is 4.74 Å². The maximum Gasteiger partial charge on any atom is 0.573 e. The summed E-state index contributed by atoms with van der Waals surface area (Å²) in [7, 11) is -2.24. The van der Waals surface area contributed by atoms with Gasteiger partial charge in [0.15, 0.2) is 0 Å². The molecule has 1 aromatic heterocycles. The first kappa shape index (κ1) is 22.6. The molecule has 1 aliphatic rings. The number of thiophene rings is 1. The molecule has 0 saturated carbocycles.